The highest BCUT2D eigenvalue weighted by molar-refractivity contribution is 7.99. The van der Waals surface area contributed by atoms with Gasteiger partial charge in [-0.1, -0.05) is 30.0 Å². The Kier molecular flexibility index (Phi) is 4.54. The zero-order chi connectivity index (χ0) is 19.1. The van der Waals surface area contributed by atoms with E-state index in [0.717, 1.165) is 4.90 Å². The molecule has 0 aromatic heterocycles. The van der Waals surface area contributed by atoms with Crippen LogP contribution in [-0.2, 0) is 14.4 Å². The van der Waals surface area contributed by atoms with Crippen molar-refractivity contribution in [1.82, 2.24) is 5.06 Å². The summed E-state index contributed by atoms with van der Waals surface area (Å²) in [6, 6.07) is 13.0. The van der Waals surface area contributed by atoms with E-state index >= 15 is 0 Å². The Morgan fingerprint density at radius 3 is 2.12 bits per heavy atom. The average Bonchev–Trinajstić information content (AvgIpc) is 2.79. The van der Waals surface area contributed by atoms with Gasteiger partial charge in [-0.25, -0.2) is 0 Å². The maximum Gasteiger partial charge on any atom is 0.525 e. The molecule has 0 fully saturated rings. The Bertz CT molecular complexity index is 990. The van der Waals surface area contributed by atoms with E-state index in [1.54, 1.807) is 24.3 Å². The van der Waals surface area contributed by atoms with Crippen LogP contribution in [0.5, 0.6) is 0 Å². The van der Waals surface area contributed by atoms with Gasteiger partial charge < -0.3 is 0 Å². The second-order valence-electron chi connectivity index (χ2n) is 5.00. The van der Waals surface area contributed by atoms with Crippen LogP contribution in [0.4, 0.5) is 13.2 Å². The summed E-state index contributed by atoms with van der Waals surface area (Å²) in [7, 11) is -6.14. The molecule has 1 heterocycles. The number of rotatable bonds is 4. The summed E-state index contributed by atoms with van der Waals surface area (Å²) in [5, 5.41) is -0.398. The Hall–Kier alpha value is -2.37. The number of benzene rings is 2. The highest BCUT2D eigenvalue weighted by Crippen LogP contribution is 2.34. The summed E-state index contributed by atoms with van der Waals surface area (Å²) in [6.45, 7) is 0. The van der Waals surface area contributed by atoms with Gasteiger partial charge in [0.25, 0.3) is 11.8 Å². The number of alkyl halides is 3. The minimum absolute atomic E-state index is 0.242. The molecule has 1 aliphatic rings. The fourth-order valence-corrected chi connectivity index (χ4v) is 3.39. The summed E-state index contributed by atoms with van der Waals surface area (Å²) >= 11 is 1.25. The number of nitrogens with zero attached hydrogens (tertiary/aromatic N) is 1. The molecule has 136 valence electrons. The first-order valence-corrected chi connectivity index (χ1v) is 9.09. The van der Waals surface area contributed by atoms with Crippen molar-refractivity contribution in [3.8, 4) is 0 Å². The van der Waals surface area contributed by atoms with Gasteiger partial charge in [0.2, 0.25) is 0 Å². The third kappa shape index (κ3) is 3.32. The van der Waals surface area contributed by atoms with Crippen molar-refractivity contribution in [2.75, 3.05) is 0 Å². The lowest BCUT2D eigenvalue weighted by atomic mass is 10.1. The van der Waals surface area contributed by atoms with Gasteiger partial charge in [-0.15, -0.1) is 9.35 Å². The van der Waals surface area contributed by atoms with Crippen molar-refractivity contribution in [2.24, 2.45) is 0 Å². The van der Waals surface area contributed by atoms with Gasteiger partial charge in [-0.3, -0.25) is 9.59 Å². The van der Waals surface area contributed by atoms with E-state index in [-0.39, 0.29) is 11.1 Å². The molecule has 0 aliphatic carbocycles. The molecule has 2 aromatic carbocycles. The third-order valence-electron chi connectivity index (χ3n) is 3.26. The van der Waals surface area contributed by atoms with Crippen molar-refractivity contribution in [3.63, 3.8) is 0 Å². The number of imide groups is 1. The van der Waals surface area contributed by atoms with E-state index in [4.69, 9.17) is 0 Å². The first kappa shape index (κ1) is 18.4. The number of fused-ring (bicyclic) bond motifs is 1. The molecule has 0 radical (unpaired) electrons. The Morgan fingerprint density at radius 1 is 0.885 bits per heavy atom. The molecule has 3 rings (SSSR count). The van der Waals surface area contributed by atoms with E-state index in [1.807, 2.05) is 6.07 Å². The molecular formula is C15H8F3NO5S2. The van der Waals surface area contributed by atoms with E-state index in [2.05, 4.69) is 4.28 Å². The molecule has 6 nitrogen and oxygen atoms in total. The number of carbonyl (C=O) groups is 2. The number of carbonyl (C=O) groups excluding carboxylic acids is 2. The van der Waals surface area contributed by atoms with Gasteiger partial charge in [0.15, 0.2) is 0 Å². The molecule has 26 heavy (non-hydrogen) atoms. The van der Waals surface area contributed by atoms with Crippen molar-refractivity contribution in [2.45, 2.75) is 15.3 Å². The van der Waals surface area contributed by atoms with Gasteiger partial charge in [0, 0.05) is 9.79 Å². The minimum atomic E-state index is -6.14. The van der Waals surface area contributed by atoms with E-state index in [0.29, 0.717) is 4.90 Å². The number of hydrogen-bond donors (Lipinski definition) is 0. The molecule has 0 atom stereocenters. The average molecular weight is 403 g/mol. The lowest BCUT2D eigenvalue weighted by molar-refractivity contribution is -0.0748. The second-order valence-corrected chi connectivity index (χ2v) is 7.67. The SMILES string of the molecule is O=C1c2ccc(Sc3ccccc3)cc2C(=O)N1OS(=O)(=O)C(F)(F)F. The van der Waals surface area contributed by atoms with Crippen LogP contribution in [0.3, 0.4) is 0 Å². The highest BCUT2D eigenvalue weighted by atomic mass is 32.2. The molecule has 0 N–H and O–H groups in total. The summed E-state index contributed by atoms with van der Waals surface area (Å²) in [4.78, 5) is 25.5. The minimum Gasteiger partial charge on any atom is -0.266 e. The largest absolute Gasteiger partial charge is 0.525 e. The number of amides is 2. The molecule has 0 saturated carbocycles. The predicted molar refractivity (Wildman–Crippen MR) is 83.6 cm³/mol. The van der Waals surface area contributed by atoms with Crippen molar-refractivity contribution in [1.29, 1.82) is 0 Å². The highest BCUT2D eigenvalue weighted by Gasteiger charge is 2.52. The van der Waals surface area contributed by atoms with Crippen LogP contribution in [0.2, 0.25) is 0 Å². The Balaban J connectivity index is 1.89. The van der Waals surface area contributed by atoms with Crippen LogP contribution >= 0.6 is 11.8 Å². The zero-order valence-electron chi connectivity index (χ0n) is 12.6. The maximum atomic E-state index is 12.4. The second kappa shape index (κ2) is 6.41. The lowest BCUT2D eigenvalue weighted by Crippen LogP contribution is -2.37. The summed E-state index contributed by atoms with van der Waals surface area (Å²) in [5.74, 6) is -2.57. The molecule has 1 aliphatic heterocycles. The third-order valence-corrected chi connectivity index (χ3v) is 5.17. The first-order chi connectivity index (χ1) is 12.1. The maximum absolute atomic E-state index is 12.4. The predicted octanol–water partition coefficient (Wildman–Crippen LogP) is 3.22. The number of hydrogen-bond acceptors (Lipinski definition) is 6. The number of hydroxylamine groups is 2. The standard InChI is InChI=1S/C15H8F3NO5S2/c16-15(17,18)26(22,23)24-19-13(20)11-7-6-10(8-12(11)14(19)21)25-9-4-2-1-3-5-9/h1-8H. The topological polar surface area (TPSA) is 80.8 Å². The zero-order valence-corrected chi connectivity index (χ0v) is 14.2. The van der Waals surface area contributed by atoms with Crippen LogP contribution in [0, 0.1) is 0 Å². The smallest absolute Gasteiger partial charge is 0.266 e. The van der Waals surface area contributed by atoms with Gasteiger partial charge in [-0.2, -0.15) is 21.6 Å². The molecule has 2 aromatic rings. The molecule has 0 unspecified atom stereocenters. The van der Waals surface area contributed by atoms with E-state index in [9.17, 15) is 31.2 Å². The molecule has 11 heteroatoms. The number of halogens is 3. The molecule has 0 bridgehead atoms. The molecule has 0 saturated heterocycles. The van der Waals surface area contributed by atoms with Gasteiger partial charge in [-0.05, 0) is 30.3 Å². The van der Waals surface area contributed by atoms with Crippen molar-refractivity contribution in [3.05, 3.63) is 59.7 Å². The van der Waals surface area contributed by atoms with Gasteiger partial charge >= 0.3 is 15.6 Å². The van der Waals surface area contributed by atoms with Crippen LogP contribution < -0.4 is 0 Å². The summed E-state index contributed by atoms with van der Waals surface area (Å²) < 4.78 is 63.1. The Morgan fingerprint density at radius 2 is 1.50 bits per heavy atom. The van der Waals surface area contributed by atoms with Crippen molar-refractivity contribution >= 4 is 33.7 Å². The van der Waals surface area contributed by atoms with Crippen molar-refractivity contribution < 1.29 is 35.5 Å². The summed E-state index contributed by atoms with van der Waals surface area (Å²) in [6.07, 6.45) is 0. The van der Waals surface area contributed by atoms with Crippen LogP contribution in [-0.4, -0.2) is 30.8 Å². The molecule has 2 amide bonds. The van der Waals surface area contributed by atoms with Gasteiger partial charge in [0.05, 0.1) is 11.1 Å². The first-order valence-electron chi connectivity index (χ1n) is 6.87. The van der Waals surface area contributed by atoms with Gasteiger partial charge in [0.1, 0.15) is 0 Å². The van der Waals surface area contributed by atoms with Crippen LogP contribution in [0.15, 0.2) is 58.3 Å². The Labute approximate surface area is 149 Å². The molecular weight excluding hydrogens is 395 g/mol. The van der Waals surface area contributed by atoms with Crippen LogP contribution in [0.1, 0.15) is 20.7 Å². The monoisotopic (exact) mass is 403 g/mol. The van der Waals surface area contributed by atoms with E-state index in [1.165, 1.54) is 30.0 Å². The van der Waals surface area contributed by atoms with Crippen LogP contribution in [0.25, 0.3) is 0 Å². The normalized spacial score (nSPS) is 14.7. The fourth-order valence-electron chi connectivity index (χ4n) is 2.09. The lowest BCUT2D eigenvalue weighted by Gasteiger charge is -2.14. The molecule has 0 spiro atoms. The fraction of sp³-hybridized carbons (Fsp3) is 0.0667. The quantitative estimate of drug-likeness (QED) is 0.576. The van der Waals surface area contributed by atoms with E-state index < -0.39 is 32.5 Å². The summed E-state index contributed by atoms with van der Waals surface area (Å²) in [5.41, 5.74) is -6.26.